The zero-order chi connectivity index (χ0) is 22.2. The molecule has 2 aliphatic heterocycles. The summed E-state index contributed by atoms with van der Waals surface area (Å²) in [4.78, 5) is 17.6. The number of carbonyl (C=O) groups excluding carboxylic acids is 1. The molecule has 3 aliphatic rings. The standard InChI is InChI=1S/C23H32N4O3S/c1-16-14-19(24)15-17(2)20(16)8-13-31(29,30)27-11-9-23(10-12-27)22(28)25-21(26-23)18-6-4-3-5-7-18/h8,13-15,18H,3-7,9-12,24H2,1-2H3,(H,25,26,28)/b13-8+. The summed E-state index contributed by atoms with van der Waals surface area (Å²) in [6.07, 6.45) is 8.23. The number of nitrogens with one attached hydrogen (secondary N) is 1. The van der Waals surface area contributed by atoms with Crippen molar-refractivity contribution in [1.29, 1.82) is 0 Å². The molecule has 1 spiro atoms. The van der Waals surface area contributed by atoms with Crippen molar-refractivity contribution in [2.45, 2.75) is 64.3 Å². The van der Waals surface area contributed by atoms with E-state index in [9.17, 15) is 13.2 Å². The molecule has 2 fully saturated rings. The third-order valence-corrected chi connectivity index (χ3v) is 8.49. The molecule has 2 heterocycles. The van der Waals surface area contributed by atoms with E-state index in [2.05, 4.69) is 5.32 Å². The van der Waals surface area contributed by atoms with Gasteiger partial charge >= 0.3 is 0 Å². The van der Waals surface area contributed by atoms with Gasteiger partial charge < -0.3 is 11.1 Å². The van der Waals surface area contributed by atoms with Crippen LogP contribution in [-0.4, -0.2) is 43.1 Å². The van der Waals surface area contributed by atoms with Crippen molar-refractivity contribution in [2.24, 2.45) is 10.9 Å². The number of aryl methyl sites for hydroxylation is 2. The largest absolute Gasteiger partial charge is 0.399 e. The molecule has 1 amide bonds. The molecule has 1 aliphatic carbocycles. The third-order valence-electron chi connectivity index (χ3n) is 6.92. The Balaban J connectivity index is 1.45. The zero-order valence-electron chi connectivity index (χ0n) is 18.4. The molecule has 0 aromatic heterocycles. The lowest BCUT2D eigenvalue weighted by Gasteiger charge is -2.34. The van der Waals surface area contributed by atoms with Gasteiger partial charge in [0.25, 0.3) is 5.91 Å². The normalized spacial score (nSPS) is 22.8. The quantitative estimate of drug-likeness (QED) is 0.696. The molecule has 0 bridgehead atoms. The van der Waals surface area contributed by atoms with Gasteiger partial charge in [-0.15, -0.1) is 0 Å². The van der Waals surface area contributed by atoms with E-state index < -0.39 is 15.6 Å². The maximum atomic E-state index is 12.9. The van der Waals surface area contributed by atoms with Gasteiger partial charge in [0.15, 0.2) is 0 Å². The van der Waals surface area contributed by atoms with Crippen LogP contribution in [-0.2, 0) is 14.8 Å². The number of hydrogen-bond donors (Lipinski definition) is 2. The molecule has 8 heteroatoms. The maximum Gasteiger partial charge on any atom is 0.253 e. The highest BCUT2D eigenvalue weighted by Gasteiger charge is 2.48. The Bertz CT molecular complexity index is 1010. The molecule has 1 saturated carbocycles. The van der Waals surface area contributed by atoms with Crippen molar-refractivity contribution in [3.63, 3.8) is 0 Å². The average Bonchev–Trinajstić information content (AvgIpc) is 3.04. The van der Waals surface area contributed by atoms with Crippen LogP contribution in [0.15, 0.2) is 22.5 Å². The number of nitrogen functional groups attached to an aromatic ring is 1. The van der Waals surface area contributed by atoms with Crippen LogP contribution in [0.3, 0.4) is 0 Å². The number of sulfonamides is 1. The van der Waals surface area contributed by atoms with Crippen LogP contribution in [0, 0.1) is 19.8 Å². The lowest BCUT2D eigenvalue weighted by atomic mass is 9.88. The Morgan fingerprint density at radius 3 is 2.35 bits per heavy atom. The predicted molar refractivity (Wildman–Crippen MR) is 124 cm³/mol. The highest BCUT2D eigenvalue weighted by atomic mass is 32.2. The van der Waals surface area contributed by atoms with Gasteiger partial charge in [-0.25, -0.2) is 8.42 Å². The highest BCUT2D eigenvalue weighted by Crippen LogP contribution is 2.35. The summed E-state index contributed by atoms with van der Waals surface area (Å²) in [6, 6.07) is 3.68. The Morgan fingerprint density at radius 1 is 1.13 bits per heavy atom. The number of rotatable bonds is 4. The van der Waals surface area contributed by atoms with Crippen LogP contribution in [0.4, 0.5) is 5.69 Å². The van der Waals surface area contributed by atoms with E-state index in [1.54, 1.807) is 6.08 Å². The number of hydrogen-bond acceptors (Lipinski definition) is 5. The fourth-order valence-electron chi connectivity index (χ4n) is 5.07. The Labute approximate surface area is 184 Å². The first kappa shape index (κ1) is 22.0. The second-order valence-electron chi connectivity index (χ2n) is 9.13. The molecule has 4 rings (SSSR count). The molecule has 31 heavy (non-hydrogen) atoms. The van der Waals surface area contributed by atoms with Gasteiger partial charge in [-0.05, 0) is 74.4 Å². The molecular weight excluding hydrogens is 412 g/mol. The highest BCUT2D eigenvalue weighted by molar-refractivity contribution is 7.92. The molecule has 0 radical (unpaired) electrons. The SMILES string of the molecule is Cc1cc(N)cc(C)c1/C=C/S(=O)(=O)N1CCC2(CC1)N=C(C1CCCCC1)NC2=O. The Kier molecular flexibility index (Phi) is 5.96. The molecular formula is C23H32N4O3S. The van der Waals surface area contributed by atoms with Crippen molar-refractivity contribution < 1.29 is 13.2 Å². The van der Waals surface area contributed by atoms with Crippen molar-refractivity contribution in [3.05, 3.63) is 34.2 Å². The van der Waals surface area contributed by atoms with E-state index in [1.807, 2.05) is 26.0 Å². The first-order chi connectivity index (χ1) is 14.7. The van der Waals surface area contributed by atoms with Gasteiger partial charge in [0.1, 0.15) is 11.4 Å². The zero-order valence-corrected chi connectivity index (χ0v) is 19.2. The number of nitrogens with two attached hydrogens (primary N) is 1. The summed E-state index contributed by atoms with van der Waals surface area (Å²) in [5.74, 6) is 1.11. The molecule has 3 N–H and O–H groups in total. The molecule has 1 saturated heterocycles. The minimum absolute atomic E-state index is 0.0613. The van der Waals surface area contributed by atoms with Crippen molar-refractivity contribution in [3.8, 4) is 0 Å². The first-order valence-electron chi connectivity index (χ1n) is 11.2. The van der Waals surface area contributed by atoms with E-state index in [1.165, 1.54) is 29.0 Å². The lowest BCUT2D eigenvalue weighted by Crippen LogP contribution is -2.50. The van der Waals surface area contributed by atoms with Gasteiger partial charge in [-0.1, -0.05) is 19.3 Å². The number of carbonyl (C=O) groups is 1. The van der Waals surface area contributed by atoms with Gasteiger partial charge in [0.2, 0.25) is 10.0 Å². The number of piperidine rings is 1. The number of amides is 1. The molecule has 168 valence electrons. The third kappa shape index (κ3) is 4.41. The van der Waals surface area contributed by atoms with Crippen molar-refractivity contribution in [2.75, 3.05) is 18.8 Å². The topological polar surface area (TPSA) is 105 Å². The van der Waals surface area contributed by atoms with E-state index in [0.29, 0.717) is 37.5 Å². The first-order valence-corrected chi connectivity index (χ1v) is 12.7. The fraction of sp³-hybridized carbons (Fsp3) is 0.565. The van der Waals surface area contributed by atoms with E-state index >= 15 is 0 Å². The molecule has 0 unspecified atom stereocenters. The summed E-state index contributed by atoms with van der Waals surface area (Å²) >= 11 is 0. The van der Waals surface area contributed by atoms with Crippen LogP contribution in [0.5, 0.6) is 0 Å². The van der Waals surface area contributed by atoms with Crippen LogP contribution < -0.4 is 11.1 Å². The summed E-state index contributed by atoms with van der Waals surface area (Å²) in [5, 5.41) is 4.29. The summed E-state index contributed by atoms with van der Waals surface area (Å²) in [7, 11) is -3.58. The lowest BCUT2D eigenvalue weighted by molar-refractivity contribution is -0.124. The molecule has 0 atom stereocenters. The van der Waals surface area contributed by atoms with Gasteiger partial charge in [-0.2, -0.15) is 4.31 Å². The van der Waals surface area contributed by atoms with Crippen LogP contribution in [0.2, 0.25) is 0 Å². The van der Waals surface area contributed by atoms with E-state index in [0.717, 1.165) is 35.4 Å². The van der Waals surface area contributed by atoms with Gasteiger partial charge in [0, 0.05) is 30.1 Å². The monoisotopic (exact) mass is 444 g/mol. The van der Waals surface area contributed by atoms with E-state index in [4.69, 9.17) is 10.7 Å². The van der Waals surface area contributed by atoms with Crippen LogP contribution >= 0.6 is 0 Å². The Hall–Kier alpha value is -2.19. The van der Waals surface area contributed by atoms with Gasteiger partial charge in [0.05, 0.1) is 0 Å². The summed E-state index contributed by atoms with van der Waals surface area (Å²) < 4.78 is 27.3. The number of anilines is 1. The minimum Gasteiger partial charge on any atom is -0.399 e. The fourth-order valence-corrected chi connectivity index (χ4v) is 6.24. The van der Waals surface area contributed by atoms with Crippen molar-refractivity contribution in [1.82, 2.24) is 9.62 Å². The molecule has 1 aromatic rings. The number of aliphatic imine (C=N–C) groups is 1. The second-order valence-corrected chi connectivity index (χ2v) is 11.0. The number of nitrogens with zero attached hydrogens (tertiary/aromatic N) is 2. The summed E-state index contributed by atoms with van der Waals surface area (Å²) in [6.45, 7) is 4.42. The number of benzene rings is 1. The van der Waals surface area contributed by atoms with E-state index in [-0.39, 0.29) is 5.91 Å². The smallest absolute Gasteiger partial charge is 0.253 e. The Morgan fingerprint density at radius 2 is 1.74 bits per heavy atom. The molecule has 7 nitrogen and oxygen atoms in total. The van der Waals surface area contributed by atoms with Crippen LogP contribution in [0.25, 0.3) is 6.08 Å². The van der Waals surface area contributed by atoms with Crippen LogP contribution in [0.1, 0.15) is 61.6 Å². The second kappa shape index (κ2) is 8.39. The summed E-state index contributed by atoms with van der Waals surface area (Å²) in [5.41, 5.74) is 8.47. The number of amidine groups is 1. The predicted octanol–water partition coefficient (Wildman–Crippen LogP) is 3.13. The maximum absolute atomic E-state index is 12.9. The average molecular weight is 445 g/mol. The van der Waals surface area contributed by atoms with Crippen molar-refractivity contribution >= 4 is 33.5 Å². The minimum atomic E-state index is -3.58. The van der Waals surface area contributed by atoms with Gasteiger partial charge in [-0.3, -0.25) is 9.79 Å². The molecule has 1 aromatic carbocycles.